The number of sulfonamides is 1. The van der Waals surface area contributed by atoms with Crippen molar-refractivity contribution in [3.05, 3.63) is 46.6 Å². The summed E-state index contributed by atoms with van der Waals surface area (Å²) in [6, 6.07) is 3.52. The van der Waals surface area contributed by atoms with Gasteiger partial charge in [0.25, 0.3) is 0 Å². The summed E-state index contributed by atoms with van der Waals surface area (Å²) in [6.07, 6.45) is 1.52. The van der Waals surface area contributed by atoms with Gasteiger partial charge in [0.1, 0.15) is 5.76 Å². The number of halogens is 1. The van der Waals surface area contributed by atoms with Crippen molar-refractivity contribution >= 4 is 21.6 Å². The second kappa shape index (κ2) is 6.15. The van der Waals surface area contributed by atoms with E-state index in [4.69, 9.17) is 21.1 Å². The summed E-state index contributed by atoms with van der Waals surface area (Å²) in [5.74, 6) is 0.887. The number of hydrogen-bond donors (Lipinski definition) is 2. The Bertz CT molecular complexity index is 742. The van der Waals surface area contributed by atoms with Gasteiger partial charge >= 0.3 is 0 Å². The van der Waals surface area contributed by atoms with Crippen LogP contribution in [0.2, 0.25) is 5.02 Å². The van der Waals surface area contributed by atoms with Crippen LogP contribution < -0.4 is 4.72 Å². The monoisotopic (exact) mass is 330 g/mol. The number of nitrogens with zero attached hydrogens (tertiary/aromatic N) is 1. The van der Waals surface area contributed by atoms with Crippen molar-refractivity contribution in [3.8, 4) is 0 Å². The zero-order valence-electron chi connectivity index (χ0n) is 11.5. The lowest BCUT2D eigenvalue weighted by Gasteiger charge is -2.12. The van der Waals surface area contributed by atoms with Crippen LogP contribution in [0.15, 0.2) is 33.7 Å². The van der Waals surface area contributed by atoms with Crippen molar-refractivity contribution in [1.82, 2.24) is 9.71 Å². The minimum atomic E-state index is -3.77. The number of hydrogen-bond acceptors (Lipinski definition) is 5. The van der Waals surface area contributed by atoms with Gasteiger partial charge in [0, 0.05) is 5.02 Å². The van der Waals surface area contributed by atoms with Crippen molar-refractivity contribution in [1.29, 1.82) is 0 Å². The number of aliphatic hydroxyl groups is 1. The van der Waals surface area contributed by atoms with E-state index in [9.17, 15) is 8.42 Å². The van der Waals surface area contributed by atoms with Gasteiger partial charge in [-0.3, -0.25) is 0 Å². The molecule has 2 rings (SSSR count). The third kappa shape index (κ3) is 3.62. The Morgan fingerprint density at radius 2 is 2.19 bits per heavy atom. The number of aromatic nitrogens is 1. The first kappa shape index (κ1) is 16.0. The lowest BCUT2D eigenvalue weighted by Crippen LogP contribution is -2.27. The van der Waals surface area contributed by atoms with Crippen LogP contribution in [0.1, 0.15) is 30.2 Å². The van der Waals surface area contributed by atoms with E-state index in [1.165, 1.54) is 24.4 Å². The minimum absolute atomic E-state index is 0.0195. The molecule has 0 bridgehead atoms. The molecule has 1 heterocycles. The quantitative estimate of drug-likeness (QED) is 0.876. The number of aryl methyl sites for hydroxylation is 1. The zero-order valence-corrected chi connectivity index (χ0v) is 13.1. The predicted octanol–water partition coefficient (Wildman–Crippen LogP) is 2.17. The largest absolute Gasteiger partial charge is 0.444 e. The molecular formula is C13H15ClN2O4S. The van der Waals surface area contributed by atoms with Crippen LogP contribution in [0, 0.1) is 6.92 Å². The standard InChI is InChI=1S/C13H15ClN2O4S/c1-8-6-15-13(20-8)9(2)16-21(18,19)11-3-4-12(14)10(5-11)7-17/h3-6,9,16-17H,7H2,1-2H3. The van der Waals surface area contributed by atoms with E-state index >= 15 is 0 Å². The van der Waals surface area contributed by atoms with Gasteiger partial charge in [-0.1, -0.05) is 11.6 Å². The minimum Gasteiger partial charge on any atom is -0.444 e. The summed E-state index contributed by atoms with van der Waals surface area (Å²) < 4.78 is 32.3. The van der Waals surface area contributed by atoms with Crippen molar-refractivity contribution in [2.75, 3.05) is 0 Å². The Labute approximate surface area is 127 Å². The molecule has 0 aliphatic rings. The highest BCUT2D eigenvalue weighted by Crippen LogP contribution is 2.22. The smallest absolute Gasteiger partial charge is 0.241 e. The van der Waals surface area contributed by atoms with E-state index in [1.807, 2.05) is 0 Å². The van der Waals surface area contributed by atoms with Crippen LogP contribution >= 0.6 is 11.6 Å². The van der Waals surface area contributed by atoms with Crippen LogP contribution in [0.25, 0.3) is 0 Å². The van der Waals surface area contributed by atoms with Crippen LogP contribution in [0.5, 0.6) is 0 Å². The second-order valence-corrected chi connectivity index (χ2v) is 6.68. The molecule has 0 radical (unpaired) electrons. The van der Waals surface area contributed by atoms with Crippen molar-refractivity contribution in [3.63, 3.8) is 0 Å². The first-order chi connectivity index (χ1) is 9.83. The third-order valence-electron chi connectivity index (χ3n) is 2.84. The Morgan fingerprint density at radius 1 is 1.48 bits per heavy atom. The summed E-state index contributed by atoms with van der Waals surface area (Å²) in [6.45, 7) is 3.02. The molecule has 0 saturated carbocycles. The molecule has 1 aromatic carbocycles. The maximum Gasteiger partial charge on any atom is 0.241 e. The fourth-order valence-electron chi connectivity index (χ4n) is 1.76. The molecule has 1 atom stereocenters. The maximum absolute atomic E-state index is 12.3. The summed E-state index contributed by atoms with van der Waals surface area (Å²) >= 11 is 5.85. The van der Waals surface area contributed by atoms with Gasteiger partial charge in [-0.25, -0.2) is 13.4 Å². The maximum atomic E-state index is 12.3. The van der Waals surface area contributed by atoms with Gasteiger partial charge in [0.15, 0.2) is 0 Å². The fraction of sp³-hybridized carbons (Fsp3) is 0.308. The van der Waals surface area contributed by atoms with Crippen molar-refractivity contribution < 1.29 is 17.9 Å². The molecule has 21 heavy (non-hydrogen) atoms. The van der Waals surface area contributed by atoms with E-state index in [2.05, 4.69) is 9.71 Å². The number of oxazole rings is 1. The zero-order chi connectivity index (χ0) is 15.6. The van der Waals surface area contributed by atoms with Gasteiger partial charge in [-0.15, -0.1) is 0 Å². The van der Waals surface area contributed by atoms with E-state index < -0.39 is 16.1 Å². The molecule has 8 heteroatoms. The van der Waals surface area contributed by atoms with Crippen LogP contribution in [-0.4, -0.2) is 18.5 Å². The van der Waals surface area contributed by atoms with Crippen LogP contribution in [0.4, 0.5) is 0 Å². The Morgan fingerprint density at radius 3 is 2.76 bits per heavy atom. The number of nitrogens with one attached hydrogen (secondary N) is 1. The van der Waals surface area contributed by atoms with Gasteiger partial charge in [-0.2, -0.15) is 4.72 Å². The second-order valence-electron chi connectivity index (χ2n) is 4.56. The van der Waals surface area contributed by atoms with Gasteiger partial charge in [0.05, 0.1) is 23.7 Å². The molecule has 2 N–H and O–H groups in total. The highest BCUT2D eigenvalue weighted by Gasteiger charge is 2.22. The highest BCUT2D eigenvalue weighted by atomic mass is 35.5. The molecular weight excluding hydrogens is 316 g/mol. The lowest BCUT2D eigenvalue weighted by atomic mass is 10.2. The number of rotatable bonds is 5. The number of aliphatic hydroxyl groups excluding tert-OH is 1. The first-order valence-corrected chi connectivity index (χ1v) is 8.03. The molecule has 0 saturated heterocycles. The van der Waals surface area contributed by atoms with E-state index in [0.717, 1.165) is 0 Å². The summed E-state index contributed by atoms with van der Waals surface area (Å²) in [7, 11) is -3.77. The SMILES string of the molecule is Cc1cnc(C(C)NS(=O)(=O)c2ccc(Cl)c(CO)c2)o1. The molecule has 2 aromatic rings. The molecule has 0 aliphatic heterocycles. The average molecular weight is 331 g/mol. The number of benzene rings is 1. The predicted molar refractivity (Wildman–Crippen MR) is 77.4 cm³/mol. The third-order valence-corrected chi connectivity index (χ3v) is 4.75. The van der Waals surface area contributed by atoms with Gasteiger partial charge in [-0.05, 0) is 37.6 Å². The Balaban J connectivity index is 2.26. The molecule has 0 fully saturated rings. The topological polar surface area (TPSA) is 92.4 Å². The molecule has 6 nitrogen and oxygen atoms in total. The van der Waals surface area contributed by atoms with E-state index in [-0.39, 0.29) is 17.4 Å². The first-order valence-electron chi connectivity index (χ1n) is 6.17. The van der Waals surface area contributed by atoms with Crippen molar-refractivity contribution in [2.24, 2.45) is 0 Å². The van der Waals surface area contributed by atoms with Crippen LogP contribution in [0.3, 0.4) is 0 Å². The summed E-state index contributed by atoms with van der Waals surface area (Å²) in [5, 5.41) is 9.46. The van der Waals surface area contributed by atoms with Gasteiger partial charge < -0.3 is 9.52 Å². The molecule has 1 unspecified atom stereocenters. The van der Waals surface area contributed by atoms with E-state index in [0.29, 0.717) is 16.3 Å². The normalized spacial score (nSPS) is 13.3. The van der Waals surface area contributed by atoms with Crippen LogP contribution in [-0.2, 0) is 16.6 Å². The molecule has 0 aliphatic carbocycles. The Hall–Kier alpha value is -1.41. The average Bonchev–Trinajstić information content (AvgIpc) is 2.85. The highest BCUT2D eigenvalue weighted by molar-refractivity contribution is 7.89. The summed E-state index contributed by atoms with van der Waals surface area (Å²) in [5.41, 5.74) is 0.346. The summed E-state index contributed by atoms with van der Waals surface area (Å²) in [4.78, 5) is 4.01. The molecule has 114 valence electrons. The van der Waals surface area contributed by atoms with Gasteiger partial charge in [0.2, 0.25) is 15.9 Å². The lowest BCUT2D eigenvalue weighted by molar-refractivity contribution is 0.281. The van der Waals surface area contributed by atoms with Crippen molar-refractivity contribution in [2.45, 2.75) is 31.4 Å². The molecule has 0 amide bonds. The fourth-order valence-corrected chi connectivity index (χ4v) is 3.19. The molecule has 0 spiro atoms. The Kier molecular flexibility index (Phi) is 4.67. The van der Waals surface area contributed by atoms with E-state index in [1.54, 1.807) is 13.8 Å². The molecule has 1 aromatic heterocycles.